The highest BCUT2D eigenvalue weighted by atomic mass is 16.8. The first kappa shape index (κ1) is 21.4. The fourth-order valence-electron chi connectivity index (χ4n) is 2.32. The predicted octanol–water partition coefficient (Wildman–Crippen LogP) is 1.07. The lowest BCUT2D eigenvalue weighted by molar-refractivity contribution is 0.0726. The maximum atomic E-state index is 11.5. The van der Waals surface area contributed by atoms with Crippen LogP contribution in [0.15, 0.2) is 0 Å². The van der Waals surface area contributed by atoms with Gasteiger partial charge in [-0.25, -0.2) is 19.2 Å². The van der Waals surface area contributed by atoms with Crippen LogP contribution in [0, 0.1) is 0 Å². The monoisotopic (exact) mass is 404 g/mol. The molecule has 0 bridgehead atoms. The lowest BCUT2D eigenvalue weighted by atomic mass is 10.2. The highest BCUT2D eigenvalue weighted by molar-refractivity contribution is 5.67. The van der Waals surface area contributed by atoms with Gasteiger partial charge in [0.25, 0.3) is 0 Å². The van der Waals surface area contributed by atoms with E-state index < -0.39 is 36.7 Å². The highest BCUT2D eigenvalue weighted by Crippen LogP contribution is 2.07. The molecule has 2 amide bonds. The fraction of sp³-hybridized carbons (Fsp3) is 0.750. The van der Waals surface area contributed by atoms with Gasteiger partial charge in [0.15, 0.2) is 12.2 Å². The molecule has 0 aromatic carbocycles. The Balaban J connectivity index is 1.34. The largest absolute Gasteiger partial charge is 0.508 e. The number of hydrogen-bond donors (Lipinski definition) is 2. The van der Waals surface area contributed by atoms with Gasteiger partial charge >= 0.3 is 24.5 Å². The van der Waals surface area contributed by atoms with Crippen LogP contribution in [0.2, 0.25) is 0 Å². The molecule has 2 rings (SSSR count). The third-order valence-corrected chi connectivity index (χ3v) is 3.74. The Morgan fingerprint density at radius 1 is 0.786 bits per heavy atom. The van der Waals surface area contributed by atoms with Gasteiger partial charge in [-0.15, -0.1) is 0 Å². The number of carbonyl (C=O) groups is 4. The molecule has 0 aliphatic carbocycles. The molecule has 158 valence electrons. The molecule has 2 heterocycles. The van der Waals surface area contributed by atoms with Crippen molar-refractivity contribution in [2.24, 2.45) is 0 Å². The summed E-state index contributed by atoms with van der Waals surface area (Å²) in [6.07, 6.45) is -0.547. The zero-order valence-electron chi connectivity index (χ0n) is 15.3. The van der Waals surface area contributed by atoms with Gasteiger partial charge in [0.2, 0.25) is 0 Å². The van der Waals surface area contributed by atoms with E-state index >= 15 is 0 Å². The first-order valence-corrected chi connectivity index (χ1v) is 9.01. The molecular formula is C16H24N2O10. The average Bonchev–Trinajstić information content (AvgIpc) is 3.28. The van der Waals surface area contributed by atoms with Crippen LogP contribution >= 0.6 is 0 Å². The molecule has 12 heteroatoms. The minimum Gasteiger partial charge on any atom is -0.445 e. The Labute approximate surface area is 161 Å². The first-order chi connectivity index (χ1) is 13.5. The number of rotatable bonds is 11. The van der Waals surface area contributed by atoms with Gasteiger partial charge in [-0.1, -0.05) is 12.8 Å². The second-order valence-corrected chi connectivity index (χ2v) is 6.07. The van der Waals surface area contributed by atoms with Crippen molar-refractivity contribution < 1.29 is 47.6 Å². The van der Waals surface area contributed by atoms with Gasteiger partial charge in [-0.2, -0.15) is 0 Å². The van der Waals surface area contributed by atoms with Crippen molar-refractivity contribution in [3.63, 3.8) is 0 Å². The van der Waals surface area contributed by atoms with Crippen LogP contribution in [0.25, 0.3) is 0 Å². The second kappa shape index (κ2) is 11.7. The molecule has 0 radical (unpaired) electrons. The van der Waals surface area contributed by atoms with E-state index in [0.29, 0.717) is 13.1 Å². The summed E-state index contributed by atoms with van der Waals surface area (Å²) in [5, 5.41) is 5.19. The van der Waals surface area contributed by atoms with E-state index in [-0.39, 0.29) is 26.4 Å². The van der Waals surface area contributed by atoms with Crippen LogP contribution in [0.3, 0.4) is 0 Å². The number of ether oxygens (including phenoxy) is 6. The van der Waals surface area contributed by atoms with Crippen LogP contribution in [-0.4, -0.2) is 76.2 Å². The van der Waals surface area contributed by atoms with Gasteiger partial charge < -0.3 is 39.1 Å². The third kappa shape index (κ3) is 8.64. The van der Waals surface area contributed by atoms with Crippen LogP contribution in [-0.2, 0) is 28.4 Å². The Morgan fingerprint density at radius 3 is 1.57 bits per heavy atom. The van der Waals surface area contributed by atoms with Crippen molar-refractivity contribution in [2.75, 3.05) is 39.5 Å². The lowest BCUT2D eigenvalue weighted by Gasteiger charge is -2.10. The standard InChI is InChI=1S/C16H24N2O10/c19-13(23-7-11-9-25-15(21)27-11)17-5-3-1-2-4-6-18-14(20)24-8-12-10-26-16(22)28-12/h11-12H,1-10H2,(H,17,19)(H,18,20). The van der Waals surface area contributed by atoms with E-state index in [1.807, 2.05) is 0 Å². The molecule has 2 N–H and O–H groups in total. The SMILES string of the molecule is O=C(NCCCCCCNC(=O)OCC1COC(=O)O1)OCC1COC(=O)O1. The van der Waals surface area contributed by atoms with Crippen LogP contribution in [0.5, 0.6) is 0 Å². The summed E-state index contributed by atoms with van der Waals surface area (Å²) < 4.78 is 28.4. The molecule has 0 saturated carbocycles. The van der Waals surface area contributed by atoms with E-state index in [1.54, 1.807) is 0 Å². The topological polar surface area (TPSA) is 148 Å². The Morgan fingerprint density at radius 2 is 1.21 bits per heavy atom. The van der Waals surface area contributed by atoms with E-state index in [2.05, 4.69) is 20.1 Å². The summed E-state index contributed by atoms with van der Waals surface area (Å²) in [6.45, 7) is 0.978. The van der Waals surface area contributed by atoms with E-state index in [4.69, 9.17) is 18.9 Å². The number of nitrogens with one attached hydrogen (secondary N) is 2. The van der Waals surface area contributed by atoms with Crippen molar-refractivity contribution >= 4 is 24.5 Å². The van der Waals surface area contributed by atoms with Crippen LogP contribution < -0.4 is 10.6 Å². The predicted molar refractivity (Wildman–Crippen MR) is 89.6 cm³/mol. The highest BCUT2D eigenvalue weighted by Gasteiger charge is 2.27. The quantitative estimate of drug-likeness (QED) is 0.291. The normalized spacial score (nSPS) is 20.4. The van der Waals surface area contributed by atoms with Crippen molar-refractivity contribution in [1.82, 2.24) is 10.6 Å². The van der Waals surface area contributed by atoms with Crippen molar-refractivity contribution in [3.8, 4) is 0 Å². The van der Waals surface area contributed by atoms with Crippen molar-refractivity contribution in [3.05, 3.63) is 0 Å². The van der Waals surface area contributed by atoms with Gasteiger partial charge in [-0.3, -0.25) is 0 Å². The van der Waals surface area contributed by atoms with E-state index in [0.717, 1.165) is 25.7 Å². The van der Waals surface area contributed by atoms with Gasteiger partial charge in [-0.05, 0) is 12.8 Å². The Hall–Kier alpha value is -2.92. The van der Waals surface area contributed by atoms with Crippen LogP contribution in [0.1, 0.15) is 25.7 Å². The maximum absolute atomic E-state index is 11.5. The molecule has 2 unspecified atom stereocenters. The molecule has 2 aliphatic heterocycles. The molecule has 0 spiro atoms. The molecule has 2 fully saturated rings. The van der Waals surface area contributed by atoms with Crippen LogP contribution in [0.4, 0.5) is 19.2 Å². The molecule has 0 aromatic rings. The summed E-state index contributed by atoms with van der Waals surface area (Å²) >= 11 is 0. The van der Waals surface area contributed by atoms with E-state index in [9.17, 15) is 19.2 Å². The summed E-state index contributed by atoms with van der Waals surface area (Å²) in [6, 6.07) is 0. The maximum Gasteiger partial charge on any atom is 0.508 e. The lowest BCUT2D eigenvalue weighted by Crippen LogP contribution is -2.30. The molecule has 12 nitrogen and oxygen atoms in total. The first-order valence-electron chi connectivity index (χ1n) is 9.01. The van der Waals surface area contributed by atoms with E-state index in [1.165, 1.54) is 0 Å². The van der Waals surface area contributed by atoms with Crippen molar-refractivity contribution in [2.45, 2.75) is 37.9 Å². The molecular weight excluding hydrogens is 380 g/mol. The number of cyclic esters (lactones) is 4. The number of unbranched alkanes of at least 4 members (excludes halogenated alkanes) is 3. The van der Waals surface area contributed by atoms with Gasteiger partial charge in [0, 0.05) is 13.1 Å². The minimum absolute atomic E-state index is 0.0461. The molecule has 2 saturated heterocycles. The zero-order valence-corrected chi connectivity index (χ0v) is 15.3. The fourth-order valence-corrected chi connectivity index (χ4v) is 2.32. The number of amides is 2. The zero-order chi connectivity index (χ0) is 20.2. The minimum atomic E-state index is -0.759. The van der Waals surface area contributed by atoms with Gasteiger partial charge in [0.05, 0.1) is 0 Å². The second-order valence-electron chi connectivity index (χ2n) is 6.07. The van der Waals surface area contributed by atoms with Crippen molar-refractivity contribution in [1.29, 1.82) is 0 Å². The number of carbonyl (C=O) groups excluding carboxylic acids is 4. The van der Waals surface area contributed by atoms with Gasteiger partial charge in [0.1, 0.15) is 26.4 Å². The Kier molecular flexibility index (Phi) is 8.95. The molecule has 2 aliphatic rings. The summed E-state index contributed by atoms with van der Waals surface area (Å²) in [5.41, 5.74) is 0. The summed E-state index contributed by atoms with van der Waals surface area (Å²) in [4.78, 5) is 44.3. The number of hydrogen-bond acceptors (Lipinski definition) is 10. The number of alkyl carbamates (subject to hydrolysis) is 2. The summed E-state index contributed by atoms with van der Waals surface area (Å²) in [5.74, 6) is 0. The summed E-state index contributed by atoms with van der Waals surface area (Å²) in [7, 11) is 0. The smallest absolute Gasteiger partial charge is 0.445 e. The Bertz CT molecular complexity index is 508. The average molecular weight is 404 g/mol. The molecule has 2 atom stereocenters. The molecule has 28 heavy (non-hydrogen) atoms. The molecule has 0 aromatic heterocycles. The third-order valence-electron chi connectivity index (χ3n) is 3.74.